The third-order valence-corrected chi connectivity index (χ3v) is 3.34. The topological polar surface area (TPSA) is 36.4 Å². The van der Waals surface area contributed by atoms with Crippen LogP contribution in [0.3, 0.4) is 0 Å². The van der Waals surface area contributed by atoms with Crippen molar-refractivity contribution in [2.24, 2.45) is 16.8 Å². The first-order valence-electron chi connectivity index (χ1n) is 6.59. The molecule has 1 aliphatic carbocycles. The van der Waals surface area contributed by atoms with Crippen LogP contribution in [0.4, 0.5) is 0 Å². The van der Waals surface area contributed by atoms with Crippen LogP contribution in [-0.2, 0) is 0 Å². The number of hydrogen-bond donors (Lipinski definition) is 2. The SMILES string of the molecule is CN=C(NCC1CCC(C)CC1)NC(C)C.I. The monoisotopic (exact) mass is 353 g/mol. The molecule has 0 spiro atoms. The largest absolute Gasteiger partial charge is 0.356 e. The van der Waals surface area contributed by atoms with Crippen LogP contribution >= 0.6 is 24.0 Å². The zero-order chi connectivity index (χ0) is 12.0. The number of nitrogens with one attached hydrogen (secondary N) is 2. The molecular weight excluding hydrogens is 325 g/mol. The maximum Gasteiger partial charge on any atom is 0.191 e. The second kappa shape index (κ2) is 9.00. The van der Waals surface area contributed by atoms with Crippen molar-refractivity contribution in [1.29, 1.82) is 0 Å². The molecule has 0 heterocycles. The fraction of sp³-hybridized carbons (Fsp3) is 0.923. The molecule has 4 heteroatoms. The normalized spacial score (nSPS) is 25.4. The van der Waals surface area contributed by atoms with E-state index >= 15 is 0 Å². The number of guanidine groups is 1. The summed E-state index contributed by atoms with van der Waals surface area (Å²) in [6, 6.07) is 0.442. The van der Waals surface area contributed by atoms with Crippen molar-refractivity contribution >= 4 is 29.9 Å². The Labute approximate surface area is 123 Å². The number of nitrogens with zero attached hydrogens (tertiary/aromatic N) is 1. The lowest BCUT2D eigenvalue weighted by molar-refractivity contribution is 0.289. The van der Waals surface area contributed by atoms with Gasteiger partial charge in [0, 0.05) is 19.6 Å². The smallest absolute Gasteiger partial charge is 0.191 e. The number of halogens is 1. The molecule has 0 unspecified atom stereocenters. The highest BCUT2D eigenvalue weighted by atomic mass is 127. The van der Waals surface area contributed by atoms with E-state index in [1.54, 1.807) is 0 Å². The van der Waals surface area contributed by atoms with Gasteiger partial charge < -0.3 is 10.6 Å². The van der Waals surface area contributed by atoms with Gasteiger partial charge in [-0.15, -0.1) is 24.0 Å². The average Bonchev–Trinajstić information content (AvgIpc) is 2.26. The minimum atomic E-state index is 0. The van der Waals surface area contributed by atoms with Crippen LogP contribution < -0.4 is 10.6 Å². The van der Waals surface area contributed by atoms with Gasteiger partial charge in [-0.25, -0.2) is 0 Å². The summed E-state index contributed by atoms with van der Waals surface area (Å²) in [5, 5.41) is 6.74. The highest BCUT2D eigenvalue weighted by molar-refractivity contribution is 14.0. The van der Waals surface area contributed by atoms with E-state index in [-0.39, 0.29) is 24.0 Å². The molecule has 1 saturated carbocycles. The summed E-state index contributed by atoms with van der Waals surface area (Å²) in [7, 11) is 1.83. The molecule has 0 aromatic rings. The van der Waals surface area contributed by atoms with Gasteiger partial charge in [-0.3, -0.25) is 4.99 Å². The summed E-state index contributed by atoms with van der Waals surface area (Å²) >= 11 is 0. The van der Waals surface area contributed by atoms with Crippen LogP contribution in [0.2, 0.25) is 0 Å². The fourth-order valence-corrected chi connectivity index (χ4v) is 2.24. The predicted molar refractivity (Wildman–Crippen MR) is 86.2 cm³/mol. The molecule has 1 aliphatic rings. The summed E-state index contributed by atoms with van der Waals surface area (Å²) in [5.41, 5.74) is 0. The van der Waals surface area contributed by atoms with Crippen molar-refractivity contribution in [1.82, 2.24) is 10.6 Å². The molecule has 0 radical (unpaired) electrons. The molecule has 1 rings (SSSR count). The van der Waals surface area contributed by atoms with Gasteiger partial charge in [-0.1, -0.05) is 19.8 Å². The number of aliphatic imine (C=N–C) groups is 1. The van der Waals surface area contributed by atoms with Crippen LogP contribution in [0.25, 0.3) is 0 Å². The zero-order valence-electron chi connectivity index (χ0n) is 11.6. The Morgan fingerprint density at radius 3 is 2.29 bits per heavy atom. The summed E-state index contributed by atoms with van der Waals surface area (Å²) < 4.78 is 0. The Morgan fingerprint density at radius 2 is 1.82 bits per heavy atom. The molecule has 2 N–H and O–H groups in total. The van der Waals surface area contributed by atoms with Crippen molar-refractivity contribution in [2.75, 3.05) is 13.6 Å². The molecule has 0 atom stereocenters. The van der Waals surface area contributed by atoms with Crippen molar-refractivity contribution < 1.29 is 0 Å². The standard InChI is InChI=1S/C13H27N3.HI/c1-10(2)16-13(14-4)15-9-12-7-5-11(3)6-8-12;/h10-12H,5-9H2,1-4H3,(H2,14,15,16);1H. The summed E-state index contributed by atoms with van der Waals surface area (Å²) in [6.07, 6.45) is 5.52. The number of hydrogen-bond acceptors (Lipinski definition) is 1. The predicted octanol–water partition coefficient (Wildman–Crippen LogP) is 3.00. The van der Waals surface area contributed by atoms with Gasteiger partial charge in [0.05, 0.1) is 0 Å². The van der Waals surface area contributed by atoms with Crippen LogP contribution in [0.15, 0.2) is 4.99 Å². The van der Waals surface area contributed by atoms with Gasteiger partial charge >= 0.3 is 0 Å². The quantitative estimate of drug-likeness (QED) is 0.465. The maximum atomic E-state index is 4.22. The minimum absolute atomic E-state index is 0. The molecule has 0 aromatic heterocycles. The second-order valence-electron chi connectivity index (χ2n) is 5.38. The summed E-state index contributed by atoms with van der Waals surface area (Å²) in [6.45, 7) is 7.70. The Balaban J connectivity index is 0.00000256. The zero-order valence-corrected chi connectivity index (χ0v) is 14.0. The molecule has 17 heavy (non-hydrogen) atoms. The van der Waals surface area contributed by atoms with Crippen molar-refractivity contribution in [3.63, 3.8) is 0 Å². The van der Waals surface area contributed by atoms with E-state index in [1.807, 2.05) is 7.05 Å². The highest BCUT2D eigenvalue weighted by Gasteiger charge is 2.18. The van der Waals surface area contributed by atoms with Crippen molar-refractivity contribution in [3.05, 3.63) is 0 Å². The molecule has 102 valence electrons. The Bertz CT molecular complexity index is 221. The van der Waals surface area contributed by atoms with Gasteiger partial charge in [0.15, 0.2) is 5.96 Å². The van der Waals surface area contributed by atoms with E-state index in [2.05, 4.69) is 36.4 Å². The lowest BCUT2D eigenvalue weighted by atomic mass is 9.83. The minimum Gasteiger partial charge on any atom is -0.356 e. The average molecular weight is 353 g/mol. The van der Waals surface area contributed by atoms with Crippen LogP contribution in [-0.4, -0.2) is 25.6 Å². The van der Waals surface area contributed by atoms with E-state index in [9.17, 15) is 0 Å². The fourth-order valence-electron chi connectivity index (χ4n) is 2.24. The van der Waals surface area contributed by atoms with E-state index < -0.39 is 0 Å². The summed E-state index contributed by atoms with van der Waals surface area (Å²) in [4.78, 5) is 4.22. The lowest BCUT2D eigenvalue weighted by Crippen LogP contribution is -2.43. The molecular formula is C13H28IN3. The van der Waals surface area contributed by atoms with Gasteiger partial charge in [0.2, 0.25) is 0 Å². The molecule has 1 fully saturated rings. The number of rotatable bonds is 3. The summed E-state index contributed by atoms with van der Waals surface area (Å²) in [5.74, 6) is 2.71. The lowest BCUT2D eigenvalue weighted by Gasteiger charge is -2.27. The first-order valence-corrected chi connectivity index (χ1v) is 6.59. The molecule has 3 nitrogen and oxygen atoms in total. The van der Waals surface area contributed by atoms with Crippen LogP contribution in [0.1, 0.15) is 46.5 Å². The first kappa shape index (κ1) is 17.0. The van der Waals surface area contributed by atoms with Gasteiger partial charge in [-0.05, 0) is 38.5 Å². The van der Waals surface area contributed by atoms with E-state index in [1.165, 1.54) is 25.7 Å². The molecule has 0 amide bonds. The molecule has 0 aliphatic heterocycles. The molecule has 0 bridgehead atoms. The second-order valence-corrected chi connectivity index (χ2v) is 5.38. The first-order chi connectivity index (χ1) is 7.61. The Kier molecular flexibility index (Phi) is 9.00. The van der Waals surface area contributed by atoms with Gasteiger partial charge in [0.1, 0.15) is 0 Å². The Hall–Kier alpha value is 0. The van der Waals surface area contributed by atoms with Crippen LogP contribution in [0.5, 0.6) is 0 Å². The van der Waals surface area contributed by atoms with E-state index in [0.29, 0.717) is 6.04 Å². The van der Waals surface area contributed by atoms with Crippen molar-refractivity contribution in [2.45, 2.75) is 52.5 Å². The van der Waals surface area contributed by atoms with Crippen molar-refractivity contribution in [3.8, 4) is 0 Å². The molecule has 0 saturated heterocycles. The molecule has 0 aromatic carbocycles. The van der Waals surface area contributed by atoms with Gasteiger partial charge in [-0.2, -0.15) is 0 Å². The van der Waals surface area contributed by atoms with E-state index in [0.717, 1.165) is 24.3 Å². The third kappa shape index (κ3) is 7.11. The van der Waals surface area contributed by atoms with E-state index in [4.69, 9.17) is 0 Å². The van der Waals surface area contributed by atoms with Crippen LogP contribution in [0, 0.1) is 11.8 Å². The third-order valence-electron chi connectivity index (χ3n) is 3.34. The highest BCUT2D eigenvalue weighted by Crippen LogP contribution is 2.27. The Morgan fingerprint density at radius 1 is 1.24 bits per heavy atom. The van der Waals surface area contributed by atoms with Gasteiger partial charge in [0.25, 0.3) is 0 Å². The maximum absolute atomic E-state index is 4.22.